The molecule has 2 fully saturated rings. The predicted molar refractivity (Wildman–Crippen MR) is 109 cm³/mol. The Bertz CT molecular complexity index is 1140. The standard InChI is InChI=1S/C21H22FN7O/c1-30-17-8-18-25-11-16(29(18)28-19(17)12-4-5-12)20-15(22)7-13(9-23)21(27-20)26-14-3-2-6-24-10-14/h7-8,11-12,14,24H,2-6,10H2,1H3,(H,26,27). The Balaban J connectivity index is 1.59. The molecule has 1 aliphatic heterocycles. The third-order valence-electron chi connectivity index (χ3n) is 5.65. The van der Waals surface area contributed by atoms with Gasteiger partial charge in [0.2, 0.25) is 0 Å². The van der Waals surface area contributed by atoms with Gasteiger partial charge in [0.05, 0.1) is 18.9 Å². The molecule has 30 heavy (non-hydrogen) atoms. The molecule has 0 amide bonds. The molecule has 2 N–H and O–H groups in total. The molecule has 1 atom stereocenters. The summed E-state index contributed by atoms with van der Waals surface area (Å²) >= 11 is 0. The summed E-state index contributed by atoms with van der Waals surface area (Å²) < 4.78 is 22.0. The van der Waals surface area contributed by atoms with Gasteiger partial charge in [0.1, 0.15) is 34.7 Å². The van der Waals surface area contributed by atoms with Gasteiger partial charge in [-0.25, -0.2) is 18.9 Å². The fourth-order valence-electron chi connectivity index (χ4n) is 3.91. The second kappa shape index (κ2) is 7.54. The molecule has 9 heteroatoms. The van der Waals surface area contributed by atoms with Gasteiger partial charge in [-0.1, -0.05) is 0 Å². The molecule has 1 aliphatic carbocycles. The van der Waals surface area contributed by atoms with Crippen LogP contribution in [-0.4, -0.2) is 45.8 Å². The second-order valence-corrected chi connectivity index (χ2v) is 7.80. The Kier molecular flexibility index (Phi) is 4.71. The number of nitrogens with zero attached hydrogens (tertiary/aromatic N) is 5. The number of fused-ring (bicyclic) bond motifs is 1. The lowest BCUT2D eigenvalue weighted by Crippen LogP contribution is -2.38. The molecule has 1 saturated heterocycles. The summed E-state index contributed by atoms with van der Waals surface area (Å²) in [6.45, 7) is 1.76. The van der Waals surface area contributed by atoms with Crippen LogP contribution < -0.4 is 15.4 Å². The van der Waals surface area contributed by atoms with E-state index in [0.29, 0.717) is 28.8 Å². The molecule has 1 saturated carbocycles. The fraction of sp³-hybridized carbons (Fsp3) is 0.429. The summed E-state index contributed by atoms with van der Waals surface area (Å²) in [7, 11) is 1.61. The number of hydrogen-bond acceptors (Lipinski definition) is 7. The number of anilines is 1. The second-order valence-electron chi connectivity index (χ2n) is 7.80. The third-order valence-corrected chi connectivity index (χ3v) is 5.65. The lowest BCUT2D eigenvalue weighted by molar-refractivity contribution is 0.405. The van der Waals surface area contributed by atoms with Gasteiger partial charge < -0.3 is 15.4 Å². The first-order chi connectivity index (χ1) is 14.7. The van der Waals surface area contributed by atoms with E-state index in [1.807, 2.05) is 12.1 Å². The van der Waals surface area contributed by atoms with Crippen LogP contribution in [0.3, 0.4) is 0 Å². The van der Waals surface area contributed by atoms with Gasteiger partial charge in [-0.2, -0.15) is 10.4 Å². The van der Waals surface area contributed by atoms with Crippen LogP contribution in [-0.2, 0) is 0 Å². The number of ether oxygens (including phenoxy) is 1. The fourth-order valence-corrected chi connectivity index (χ4v) is 3.91. The van der Waals surface area contributed by atoms with Crippen LogP contribution in [0, 0.1) is 17.1 Å². The number of imidazole rings is 1. The molecule has 2 aliphatic rings. The highest BCUT2D eigenvalue weighted by Gasteiger charge is 2.30. The summed E-state index contributed by atoms with van der Waals surface area (Å²) in [6.07, 6.45) is 5.68. The normalized spacial score (nSPS) is 18.9. The maximum atomic E-state index is 15.0. The minimum Gasteiger partial charge on any atom is -0.495 e. The summed E-state index contributed by atoms with van der Waals surface area (Å²) in [5.41, 5.74) is 2.16. The molecule has 4 heterocycles. The van der Waals surface area contributed by atoms with E-state index in [2.05, 4.69) is 20.6 Å². The van der Waals surface area contributed by atoms with Crippen LogP contribution in [0.1, 0.15) is 42.9 Å². The van der Waals surface area contributed by atoms with Crippen LogP contribution in [0.5, 0.6) is 5.75 Å². The van der Waals surface area contributed by atoms with E-state index in [4.69, 9.17) is 9.84 Å². The maximum Gasteiger partial charge on any atom is 0.157 e. The summed E-state index contributed by atoms with van der Waals surface area (Å²) in [4.78, 5) is 8.87. The van der Waals surface area contributed by atoms with E-state index in [-0.39, 0.29) is 17.3 Å². The van der Waals surface area contributed by atoms with Crippen LogP contribution in [0.15, 0.2) is 18.3 Å². The molecule has 0 radical (unpaired) electrons. The minimum absolute atomic E-state index is 0.118. The van der Waals surface area contributed by atoms with Crippen molar-refractivity contribution in [2.45, 2.75) is 37.6 Å². The number of pyridine rings is 1. The van der Waals surface area contributed by atoms with Gasteiger partial charge in [0.15, 0.2) is 11.5 Å². The Morgan fingerprint density at radius 3 is 2.90 bits per heavy atom. The molecule has 3 aromatic rings. The van der Waals surface area contributed by atoms with Gasteiger partial charge in [-0.3, -0.25) is 0 Å². The number of nitrogens with one attached hydrogen (secondary N) is 2. The average molecular weight is 407 g/mol. The largest absolute Gasteiger partial charge is 0.495 e. The monoisotopic (exact) mass is 407 g/mol. The Hall–Kier alpha value is -3.25. The third kappa shape index (κ3) is 3.33. The molecular weight excluding hydrogens is 385 g/mol. The van der Waals surface area contributed by atoms with Crippen molar-refractivity contribution in [3.8, 4) is 23.2 Å². The SMILES string of the molecule is COc1cc2ncc(-c3nc(NC4CCCNC4)c(C#N)cc3F)n2nc1C1CC1. The molecule has 5 rings (SSSR count). The van der Waals surface area contributed by atoms with Gasteiger partial charge in [-0.15, -0.1) is 0 Å². The van der Waals surface area contributed by atoms with Crippen LogP contribution in [0.4, 0.5) is 10.2 Å². The lowest BCUT2D eigenvalue weighted by atomic mass is 10.1. The van der Waals surface area contributed by atoms with E-state index in [9.17, 15) is 9.65 Å². The summed E-state index contributed by atoms with van der Waals surface area (Å²) in [6, 6.07) is 5.23. The average Bonchev–Trinajstić information content (AvgIpc) is 3.54. The first-order valence-electron chi connectivity index (χ1n) is 10.2. The van der Waals surface area contributed by atoms with Crippen molar-refractivity contribution in [1.29, 1.82) is 5.26 Å². The van der Waals surface area contributed by atoms with Gasteiger partial charge in [0.25, 0.3) is 0 Å². The zero-order valence-electron chi connectivity index (χ0n) is 16.7. The molecule has 8 nitrogen and oxygen atoms in total. The van der Waals surface area contributed by atoms with Crippen LogP contribution in [0.25, 0.3) is 17.0 Å². The van der Waals surface area contributed by atoms with E-state index in [1.165, 1.54) is 6.07 Å². The minimum atomic E-state index is -0.578. The number of rotatable bonds is 5. The highest BCUT2D eigenvalue weighted by Crippen LogP contribution is 2.43. The quantitative estimate of drug-likeness (QED) is 0.671. The molecular formula is C21H22FN7O. The van der Waals surface area contributed by atoms with Crippen LogP contribution >= 0.6 is 0 Å². The highest BCUT2D eigenvalue weighted by atomic mass is 19.1. The molecule has 0 bridgehead atoms. The Morgan fingerprint density at radius 1 is 1.33 bits per heavy atom. The molecule has 1 unspecified atom stereocenters. The van der Waals surface area contributed by atoms with Crippen molar-refractivity contribution in [3.63, 3.8) is 0 Å². The molecule has 3 aromatic heterocycles. The maximum absolute atomic E-state index is 15.0. The Labute approximate surface area is 173 Å². The molecule has 0 spiro atoms. The number of hydrogen-bond donors (Lipinski definition) is 2. The van der Waals surface area contributed by atoms with Gasteiger partial charge >= 0.3 is 0 Å². The lowest BCUT2D eigenvalue weighted by Gasteiger charge is -2.24. The molecule has 154 valence electrons. The first-order valence-corrected chi connectivity index (χ1v) is 10.2. The van der Waals surface area contributed by atoms with Gasteiger partial charge in [0, 0.05) is 24.6 Å². The van der Waals surface area contributed by atoms with E-state index < -0.39 is 5.82 Å². The predicted octanol–water partition coefficient (Wildman–Crippen LogP) is 2.85. The number of halogens is 1. The zero-order valence-corrected chi connectivity index (χ0v) is 16.7. The number of nitriles is 1. The Morgan fingerprint density at radius 2 is 2.20 bits per heavy atom. The van der Waals surface area contributed by atoms with Crippen molar-refractivity contribution in [3.05, 3.63) is 35.4 Å². The van der Waals surface area contributed by atoms with E-state index >= 15 is 0 Å². The van der Waals surface area contributed by atoms with Crippen molar-refractivity contribution in [2.75, 3.05) is 25.5 Å². The van der Waals surface area contributed by atoms with Gasteiger partial charge in [-0.05, 0) is 38.3 Å². The first kappa shape index (κ1) is 18.8. The zero-order chi connectivity index (χ0) is 20.7. The number of aromatic nitrogens is 4. The summed E-state index contributed by atoms with van der Waals surface area (Å²) in [5.74, 6) is 0.858. The van der Waals surface area contributed by atoms with Crippen molar-refractivity contribution in [2.24, 2.45) is 0 Å². The number of piperidine rings is 1. The highest BCUT2D eigenvalue weighted by molar-refractivity contribution is 5.66. The summed E-state index contributed by atoms with van der Waals surface area (Å²) in [5, 5.41) is 20.8. The molecule has 0 aromatic carbocycles. The topological polar surface area (TPSA) is 100 Å². The number of methoxy groups -OCH3 is 1. The van der Waals surface area contributed by atoms with Crippen molar-refractivity contribution in [1.82, 2.24) is 24.9 Å². The van der Waals surface area contributed by atoms with Crippen molar-refractivity contribution < 1.29 is 9.13 Å². The van der Waals surface area contributed by atoms with Crippen molar-refractivity contribution >= 4 is 11.5 Å². The van der Waals surface area contributed by atoms with E-state index in [1.54, 1.807) is 17.8 Å². The van der Waals surface area contributed by atoms with E-state index in [0.717, 1.165) is 44.5 Å². The van der Waals surface area contributed by atoms with Crippen LogP contribution in [0.2, 0.25) is 0 Å². The smallest absolute Gasteiger partial charge is 0.157 e.